The van der Waals surface area contributed by atoms with Crippen LogP contribution >= 0.6 is 22.6 Å². The average molecular weight is 334 g/mol. The molecule has 0 bridgehead atoms. The van der Waals surface area contributed by atoms with Crippen LogP contribution in [0.5, 0.6) is 0 Å². The lowest BCUT2D eigenvalue weighted by Gasteiger charge is -2.08. The van der Waals surface area contributed by atoms with Crippen LogP contribution in [0.1, 0.15) is 44.9 Å². The Morgan fingerprint density at radius 3 is 2.69 bits per heavy atom. The van der Waals surface area contributed by atoms with Crippen LogP contribution in [0.4, 0.5) is 0 Å². The van der Waals surface area contributed by atoms with Gasteiger partial charge in [0.1, 0.15) is 5.82 Å². The zero-order valence-corrected chi connectivity index (χ0v) is 12.2. The van der Waals surface area contributed by atoms with E-state index in [0.29, 0.717) is 3.57 Å². The number of halogens is 1. The van der Waals surface area contributed by atoms with Gasteiger partial charge in [-0.2, -0.15) is 0 Å². The van der Waals surface area contributed by atoms with Crippen molar-refractivity contribution in [2.45, 2.75) is 52.5 Å². The molecule has 0 fully saturated rings. The first-order valence-electron chi connectivity index (χ1n) is 5.88. The first-order valence-corrected chi connectivity index (χ1v) is 6.96. The van der Waals surface area contributed by atoms with Gasteiger partial charge >= 0.3 is 0 Å². The van der Waals surface area contributed by atoms with E-state index >= 15 is 0 Å². The maximum absolute atomic E-state index is 11.8. The largest absolute Gasteiger partial charge is 0.296 e. The number of aryl methyl sites for hydroxylation is 1. The topological polar surface area (TPSA) is 34.9 Å². The van der Waals surface area contributed by atoms with E-state index in [2.05, 4.69) is 11.9 Å². The van der Waals surface area contributed by atoms with Crippen LogP contribution in [0.2, 0.25) is 0 Å². The third-order valence-corrected chi connectivity index (χ3v) is 3.43. The van der Waals surface area contributed by atoms with Crippen molar-refractivity contribution in [3.05, 3.63) is 25.9 Å². The van der Waals surface area contributed by atoms with Gasteiger partial charge in [-0.1, -0.05) is 32.6 Å². The zero-order valence-electron chi connectivity index (χ0n) is 10.0. The summed E-state index contributed by atoms with van der Waals surface area (Å²) in [6.45, 7) is 4.90. The molecule has 0 N–H and O–H groups in total. The Labute approximate surface area is 110 Å². The number of nitrogens with zero attached hydrogens (tertiary/aromatic N) is 2. The number of rotatable bonds is 6. The average Bonchev–Trinajstić information content (AvgIpc) is 2.28. The van der Waals surface area contributed by atoms with Crippen LogP contribution in [0.3, 0.4) is 0 Å². The minimum Gasteiger partial charge on any atom is -0.296 e. The minimum absolute atomic E-state index is 0.101. The van der Waals surface area contributed by atoms with E-state index in [-0.39, 0.29) is 5.56 Å². The lowest BCUT2D eigenvalue weighted by Crippen LogP contribution is -2.25. The summed E-state index contributed by atoms with van der Waals surface area (Å²) in [6, 6.07) is 0. The van der Waals surface area contributed by atoms with Crippen molar-refractivity contribution in [2.24, 2.45) is 0 Å². The molecule has 1 rings (SSSR count). The molecule has 0 radical (unpaired) electrons. The van der Waals surface area contributed by atoms with Gasteiger partial charge < -0.3 is 0 Å². The summed E-state index contributed by atoms with van der Waals surface area (Å²) in [5, 5.41) is 0. The summed E-state index contributed by atoms with van der Waals surface area (Å²) in [5.74, 6) is 0.820. The maximum Gasteiger partial charge on any atom is 0.266 e. The van der Waals surface area contributed by atoms with Gasteiger partial charge in [-0.3, -0.25) is 9.36 Å². The molecular weight excluding hydrogens is 315 g/mol. The molecule has 0 atom stereocenters. The fourth-order valence-electron chi connectivity index (χ4n) is 1.69. The van der Waals surface area contributed by atoms with Crippen molar-refractivity contribution in [1.29, 1.82) is 0 Å². The smallest absolute Gasteiger partial charge is 0.266 e. The molecule has 0 aliphatic heterocycles. The molecule has 1 aromatic rings. The second-order valence-electron chi connectivity index (χ2n) is 4.02. The van der Waals surface area contributed by atoms with Crippen molar-refractivity contribution >= 4 is 22.6 Å². The first-order chi connectivity index (χ1) is 7.66. The van der Waals surface area contributed by atoms with Gasteiger partial charge in [0, 0.05) is 12.7 Å². The Kier molecular flexibility index (Phi) is 6.01. The highest BCUT2D eigenvalue weighted by Crippen LogP contribution is 2.05. The van der Waals surface area contributed by atoms with Gasteiger partial charge in [-0.15, -0.1) is 0 Å². The molecular formula is C12H19IN2O. The Hall–Kier alpha value is -0.390. The van der Waals surface area contributed by atoms with Crippen LogP contribution in [0.25, 0.3) is 0 Å². The molecule has 0 spiro atoms. The van der Waals surface area contributed by atoms with Crippen molar-refractivity contribution in [1.82, 2.24) is 9.55 Å². The lowest BCUT2D eigenvalue weighted by molar-refractivity contribution is 0.541. The number of unbranched alkanes of at least 4 members (excludes halogenated alkanes) is 4. The van der Waals surface area contributed by atoms with Crippen LogP contribution in [-0.2, 0) is 6.54 Å². The number of aromatic nitrogens is 2. The highest BCUT2D eigenvalue weighted by atomic mass is 127. The van der Waals surface area contributed by atoms with E-state index in [0.717, 1.165) is 18.8 Å². The van der Waals surface area contributed by atoms with Gasteiger partial charge in [0.25, 0.3) is 5.56 Å². The summed E-state index contributed by atoms with van der Waals surface area (Å²) < 4.78 is 2.49. The molecule has 1 heterocycles. The first kappa shape index (κ1) is 13.7. The molecule has 0 aliphatic rings. The Morgan fingerprint density at radius 1 is 1.31 bits per heavy atom. The van der Waals surface area contributed by atoms with Crippen molar-refractivity contribution in [2.75, 3.05) is 0 Å². The maximum atomic E-state index is 11.8. The summed E-state index contributed by atoms with van der Waals surface area (Å²) in [4.78, 5) is 16.0. The monoisotopic (exact) mass is 334 g/mol. The number of hydrogen-bond acceptors (Lipinski definition) is 2. The molecule has 16 heavy (non-hydrogen) atoms. The van der Waals surface area contributed by atoms with E-state index in [1.54, 1.807) is 10.8 Å². The Bertz CT molecular complexity index is 387. The van der Waals surface area contributed by atoms with Crippen molar-refractivity contribution in [3.63, 3.8) is 0 Å². The SMILES string of the molecule is CCCCCCCn1c(C)ncc(I)c1=O. The quantitative estimate of drug-likeness (QED) is 0.592. The molecule has 0 aliphatic carbocycles. The van der Waals surface area contributed by atoms with Gasteiger partial charge in [-0.25, -0.2) is 4.98 Å². The van der Waals surface area contributed by atoms with E-state index < -0.39 is 0 Å². The van der Waals surface area contributed by atoms with Crippen LogP contribution in [0, 0.1) is 10.5 Å². The highest BCUT2D eigenvalue weighted by molar-refractivity contribution is 14.1. The summed E-state index contributed by atoms with van der Waals surface area (Å²) >= 11 is 2.05. The predicted octanol–water partition coefficient (Wildman–Crippen LogP) is 3.13. The summed E-state index contributed by atoms with van der Waals surface area (Å²) in [7, 11) is 0. The molecule has 4 heteroatoms. The summed E-state index contributed by atoms with van der Waals surface area (Å²) in [5.41, 5.74) is 0.101. The molecule has 0 saturated heterocycles. The Morgan fingerprint density at radius 2 is 2.00 bits per heavy atom. The van der Waals surface area contributed by atoms with Crippen LogP contribution < -0.4 is 5.56 Å². The standard InChI is InChI=1S/C12H19IN2O/c1-3-4-5-6-7-8-15-10(2)14-9-11(13)12(15)16/h9H,3-8H2,1-2H3. The summed E-state index contributed by atoms with van der Waals surface area (Å²) in [6.07, 6.45) is 7.73. The molecule has 1 aromatic heterocycles. The van der Waals surface area contributed by atoms with E-state index in [9.17, 15) is 4.79 Å². The highest BCUT2D eigenvalue weighted by Gasteiger charge is 2.04. The molecule has 0 aromatic carbocycles. The third-order valence-electron chi connectivity index (χ3n) is 2.69. The lowest BCUT2D eigenvalue weighted by atomic mass is 10.1. The molecule has 3 nitrogen and oxygen atoms in total. The minimum atomic E-state index is 0.101. The predicted molar refractivity (Wildman–Crippen MR) is 74.7 cm³/mol. The van der Waals surface area contributed by atoms with E-state index in [1.807, 2.05) is 29.5 Å². The van der Waals surface area contributed by atoms with E-state index in [1.165, 1.54) is 25.7 Å². The second kappa shape index (κ2) is 7.04. The van der Waals surface area contributed by atoms with Gasteiger partial charge in [-0.05, 0) is 35.9 Å². The molecule has 0 saturated carbocycles. The third kappa shape index (κ3) is 3.88. The molecule has 0 unspecified atom stereocenters. The number of hydrogen-bond donors (Lipinski definition) is 0. The van der Waals surface area contributed by atoms with Gasteiger partial charge in [0.05, 0.1) is 3.57 Å². The molecule has 90 valence electrons. The fourth-order valence-corrected chi connectivity index (χ4v) is 2.12. The second-order valence-corrected chi connectivity index (χ2v) is 5.19. The normalized spacial score (nSPS) is 10.7. The van der Waals surface area contributed by atoms with Crippen LogP contribution in [0.15, 0.2) is 11.0 Å². The van der Waals surface area contributed by atoms with Crippen molar-refractivity contribution in [3.8, 4) is 0 Å². The fraction of sp³-hybridized carbons (Fsp3) is 0.667. The molecule has 0 amide bonds. The van der Waals surface area contributed by atoms with Gasteiger partial charge in [0.2, 0.25) is 0 Å². The zero-order chi connectivity index (χ0) is 12.0. The van der Waals surface area contributed by atoms with Crippen LogP contribution in [-0.4, -0.2) is 9.55 Å². The van der Waals surface area contributed by atoms with E-state index in [4.69, 9.17) is 0 Å². The van der Waals surface area contributed by atoms with Gasteiger partial charge in [0.15, 0.2) is 0 Å². The van der Waals surface area contributed by atoms with Crippen molar-refractivity contribution < 1.29 is 0 Å². The Balaban J connectivity index is 2.54.